The summed E-state index contributed by atoms with van der Waals surface area (Å²) < 4.78 is 0. The van der Waals surface area contributed by atoms with Gasteiger partial charge in [0.15, 0.2) is 0 Å². The van der Waals surface area contributed by atoms with Gasteiger partial charge in [-0.1, -0.05) is 31.4 Å². The molecule has 1 saturated carbocycles. The van der Waals surface area contributed by atoms with Crippen LogP contribution in [0.2, 0.25) is 5.02 Å². The molecule has 0 radical (unpaired) electrons. The number of amides is 3. The predicted octanol–water partition coefficient (Wildman–Crippen LogP) is 2.50. The van der Waals surface area contributed by atoms with E-state index in [1.54, 1.807) is 31.2 Å². The average molecular weight is 464 g/mol. The highest BCUT2D eigenvalue weighted by molar-refractivity contribution is 6.30. The zero-order valence-corrected chi connectivity index (χ0v) is 18.9. The number of carboxylic acid groups (broad SMARTS) is 1. The van der Waals surface area contributed by atoms with Crippen LogP contribution in [0.3, 0.4) is 0 Å². The van der Waals surface area contributed by atoms with E-state index >= 15 is 0 Å². The van der Waals surface area contributed by atoms with E-state index in [-0.39, 0.29) is 43.0 Å². The molecule has 9 heteroatoms. The van der Waals surface area contributed by atoms with Gasteiger partial charge in [0, 0.05) is 23.0 Å². The first kappa shape index (κ1) is 24.0. The molecule has 1 heterocycles. The molecule has 2 fully saturated rings. The second kappa shape index (κ2) is 10.8. The summed E-state index contributed by atoms with van der Waals surface area (Å²) in [4.78, 5) is 49.6. The fourth-order valence-corrected chi connectivity index (χ4v) is 4.93. The first-order valence-corrected chi connectivity index (χ1v) is 11.5. The Kier molecular flexibility index (Phi) is 8.12. The van der Waals surface area contributed by atoms with Gasteiger partial charge in [0.2, 0.25) is 11.8 Å². The molecule has 1 aliphatic heterocycles. The largest absolute Gasteiger partial charge is 0.480 e. The molecule has 0 bridgehead atoms. The van der Waals surface area contributed by atoms with Crippen molar-refractivity contribution in [2.45, 2.75) is 70.0 Å². The van der Waals surface area contributed by atoms with Crippen LogP contribution < -0.4 is 16.0 Å². The maximum absolute atomic E-state index is 13.0. The number of aliphatic carboxylic acids is 1. The van der Waals surface area contributed by atoms with Crippen molar-refractivity contribution in [1.29, 1.82) is 0 Å². The van der Waals surface area contributed by atoms with Gasteiger partial charge in [-0.15, -0.1) is 0 Å². The van der Waals surface area contributed by atoms with Crippen molar-refractivity contribution in [3.05, 3.63) is 34.9 Å². The van der Waals surface area contributed by atoms with Crippen molar-refractivity contribution >= 4 is 35.3 Å². The molecule has 1 aliphatic carbocycles. The number of benzene rings is 1. The number of piperidine rings is 1. The standard InChI is InChI=1S/C23H30ClN3O5/c1-2-17(23(31)32)26-22(30)19(27-21(29)13-7-9-15(24)10-8-13)11-14-12-20(28)25-18-6-4-3-5-16(14)18/h7-10,14,16-19H,2-6,11-12H2,1H3,(H,25,28)(H,26,30)(H,27,29)(H,31,32). The van der Waals surface area contributed by atoms with Crippen LogP contribution in [0.25, 0.3) is 0 Å². The summed E-state index contributed by atoms with van der Waals surface area (Å²) >= 11 is 5.89. The minimum absolute atomic E-state index is 0.0432. The molecule has 1 aromatic rings. The summed E-state index contributed by atoms with van der Waals surface area (Å²) in [7, 11) is 0. The molecule has 8 nitrogen and oxygen atoms in total. The molecule has 2 aliphatic rings. The summed E-state index contributed by atoms with van der Waals surface area (Å²) in [6, 6.07) is 4.38. The fourth-order valence-electron chi connectivity index (χ4n) is 4.80. The quantitative estimate of drug-likeness (QED) is 0.471. The Morgan fingerprint density at radius 1 is 1.12 bits per heavy atom. The van der Waals surface area contributed by atoms with E-state index in [0.717, 1.165) is 25.7 Å². The normalized spacial score (nSPS) is 24.4. The van der Waals surface area contributed by atoms with Crippen LogP contribution in [0.5, 0.6) is 0 Å². The van der Waals surface area contributed by atoms with Gasteiger partial charge >= 0.3 is 5.97 Å². The first-order chi connectivity index (χ1) is 15.3. The van der Waals surface area contributed by atoms with E-state index in [9.17, 15) is 24.3 Å². The predicted molar refractivity (Wildman–Crippen MR) is 119 cm³/mol. The molecular weight excluding hydrogens is 434 g/mol. The molecule has 3 rings (SSSR count). The Hall–Kier alpha value is -2.61. The Bertz CT molecular complexity index is 860. The van der Waals surface area contributed by atoms with E-state index in [2.05, 4.69) is 16.0 Å². The molecule has 0 spiro atoms. The van der Waals surface area contributed by atoms with E-state index in [0.29, 0.717) is 10.6 Å². The molecule has 0 aromatic heterocycles. The number of carboxylic acids is 1. The number of fused-ring (bicyclic) bond motifs is 1. The monoisotopic (exact) mass is 463 g/mol. The minimum atomic E-state index is -1.13. The molecule has 32 heavy (non-hydrogen) atoms. The molecular formula is C23H30ClN3O5. The highest BCUT2D eigenvalue weighted by Crippen LogP contribution is 2.37. The van der Waals surface area contributed by atoms with Gasteiger partial charge in [-0.3, -0.25) is 14.4 Å². The highest BCUT2D eigenvalue weighted by atomic mass is 35.5. The number of halogens is 1. The molecule has 1 aromatic carbocycles. The molecule has 3 amide bonds. The van der Waals surface area contributed by atoms with Crippen molar-refractivity contribution in [2.75, 3.05) is 0 Å². The number of hydrogen-bond acceptors (Lipinski definition) is 4. The third-order valence-corrected chi connectivity index (χ3v) is 6.76. The number of rotatable bonds is 8. The van der Waals surface area contributed by atoms with Gasteiger partial charge in [-0.2, -0.15) is 0 Å². The van der Waals surface area contributed by atoms with Crippen LogP contribution in [0, 0.1) is 11.8 Å². The van der Waals surface area contributed by atoms with Crippen molar-refractivity contribution in [2.24, 2.45) is 11.8 Å². The number of hydrogen-bond donors (Lipinski definition) is 4. The van der Waals surface area contributed by atoms with Gasteiger partial charge < -0.3 is 21.1 Å². The van der Waals surface area contributed by atoms with Gasteiger partial charge in [0.25, 0.3) is 5.91 Å². The SMILES string of the molecule is CCC(NC(=O)C(CC1CC(=O)NC2CCCCC12)NC(=O)c1ccc(Cl)cc1)C(=O)O. The van der Waals surface area contributed by atoms with Crippen molar-refractivity contribution < 1.29 is 24.3 Å². The maximum Gasteiger partial charge on any atom is 0.326 e. The molecule has 5 unspecified atom stereocenters. The van der Waals surface area contributed by atoms with Crippen molar-refractivity contribution in [3.63, 3.8) is 0 Å². The molecule has 5 atom stereocenters. The lowest BCUT2D eigenvalue weighted by Crippen LogP contribution is -2.55. The van der Waals surface area contributed by atoms with Crippen LogP contribution in [0.15, 0.2) is 24.3 Å². The number of nitrogens with one attached hydrogen (secondary N) is 3. The zero-order chi connectivity index (χ0) is 23.3. The highest BCUT2D eigenvalue weighted by Gasteiger charge is 2.40. The van der Waals surface area contributed by atoms with Crippen LogP contribution >= 0.6 is 11.6 Å². The average Bonchev–Trinajstić information content (AvgIpc) is 2.76. The van der Waals surface area contributed by atoms with Gasteiger partial charge in [0.05, 0.1) is 0 Å². The second-order valence-corrected chi connectivity index (χ2v) is 9.10. The van der Waals surface area contributed by atoms with Crippen LogP contribution in [-0.4, -0.2) is 46.9 Å². The first-order valence-electron chi connectivity index (χ1n) is 11.2. The lowest BCUT2D eigenvalue weighted by atomic mass is 9.70. The van der Waals surface area contributed by atoms with E-state index < -0.39 is 29.9 Å². The Balaban J connectivity index is 1.79. The summed E-state index contributed by atoms with van der Waals surface area (Å²) in [5.41, 5.74) is 0.342. The second-order valence-electron chi connectivity index (χ2n) is 8.66. The Morgan fingerprint density at radius 2 is 1.81 bits per heavy atom. The Morgan fingerprint density at radius 3 is 2.47 bits per heavy atom. The van der Waals surface area contributed by atoms with Gasteiger partial charge in [-0.05, 0) is 61.8 Å². The summed E-state index contributed by atoms with van der Waals surface area (Å²) in [6.45, 7) is 1.67. The molecule has 1 saturated heterocycles. The molecule has 174 valence electrons. The van der Waals surface area contributed by atoms with Crippen LogP contribution in [0.4, 0.5) is 0 Å². The lowest BCUT2D eigenvalue weighted by Gasteiger charge is -2.42. The third kappa shape index (κ3) is 6.00. The summed E-state index contributed by atoms with van der Waals surface area (Å²) in [5, 5.41) is 18.2. The fraction of sp³-hybridized carbons (Fsp3) is 0.565. The molecule has 4 N–H and O–H groups in total. The van der Waals surface area contributed by atoms with Crippen LogP contribution in [0.1, 0.15) is 62.2 Å². The van der Waals surface area contributed by atoms with E-state index in [4.69, 9.17) is 11.6 Å². The summed E-state index contributed by atoms with van der Waals surface area (Å²) in [6.07, 6.45) is 4.78. The van der Waals surface area contributed by atoms with E-state index in [1.807, 2.05) is 0 Å². The van der Waals surface area contributed by atoms with Crippen molar-refractivity contribution in [3.8, 4) is 0 Å². The van der Waals surface area contributed by atoms with Crippen LogP contribution in [-0.2, 0) is 14.4 Å². The number of carbonyl (C=O) groups is 4. The minimum Gasteiger partial charge on any atom is -0.480 e. The summed E-state index contributed by atoms with van der Waals surface area (Å²) in [5.74, 6) is -2.01. The number of carbonyl (C=O) groups excluding carboxylic acids is 3. The van der Waals surface area contributed by atoms with Crippen molar-refractivity contribution in [1.82, 2.24) is 16.0 Å². The van der Waals surface area contributed by atoms with Gasteiger partial charge in [-0.25, -0.2) is 4.79 Å². The topological polar surface area (TPSA) is 125 Å². The third-order valence-electron chi connectivity index (χ3n) is 6.51. The van der Waals surface area contributed by atoms with Gasteiger partial charge in [0.1, 0.15) is 12.1 Å². The zero-order valence-electron chi connectivity index (χ0n) is 18.1. The van der Waals surface area contributed by atoms with E-state index in [1.165, 1.54) is 0 Å². The lowest BCUT2D eigenvalue weighted by molar-refractivity contribution is -0.142. The maximum atomic E-state index is 13.0. The Labute approximate surface area is 192 Å². The smallest absolute Gasteiger partial charge is 0.326 e.